The molecule has 6 heteroatoms. The van der Waals surface area contributed by atoms with E-state index in [1.165, 1.54) is 18.2 Å². The minimum absolute atomic E-state index is 0.0125. The highest BCUT2D eigenvalue weighted by atomic mass is 31.2. The molecule has 0 heterocycles. The molecule has 0 aliphatic rings. The van der Waals surface area contributed by atoms with Gasteiger partial charge in [-0.25, -0.2) is 0 Å². The second kappa shape index (κ2) is 4.69. The molecule has 0 bridgehead atoms. The van der Waals surface area contributed by atoms with E-state index in [4.69, 9.17) is 9.79 Å². The average molecular weight is 260 g/mol. The van der Waals surface area contributed by atoms with E-state index in [1.807, 2.05) is 0 Å². The zero-order chi connectivity index (χ0) is 13.3. The van der Waals surface area contributed by atoms with Crippen LogP contribution in [0.25, 0.3) is 0 Å². The van der Waals surface area contributed by atoms with Crippen LogP contribution in [0.5, 0.6) is 11.5 Å². The first-order chi connectivity index (χ1) is 7.62. The number of hydrogen-bond acceptors (Lipinski definition) is 3. The predicted molar refractivity (Wildman–Crippen MR) is 64.3 cm³/mol. The maximum absolute atomic E-state index is 10.8. The summed E-state index contributed by atoms with van der Waals surface area (Å²) < 4.78 is 10.8. The molecule has 0 aromatic heterocycles. The molecule has 1 aromatic carbocycles. The van der Waals surface area contributed by atoms with Crippen LogP contribution in [0.1, 0.15) is 25.8 Å². The molecule has 17 heavy (non-hydrogen) atoms. The van der Waals surface area contributed by atoms with E-state index < -0.39 is 13.0 Å². The zero-order valence-electron chi connectivity index (χ0n) is 9.79. The monoisotopic (exact) mass is 260 g/mol. The fourth-order valence-corrected chi connectivity index (χ4v) is 2.48. The van der Waals surface area contributed by atoms with E-state index in [-0.39, 0.29) is 24.1 Å². The van der Waals surface area contributed by atoms with Gasteiger partial charge in [-0.3, -0.25) is 4.57 Å². The Labute approximate surface area is 99.9 Å². The van der Waals surface area contributed by atoms with Gasteiger partial charge in [-0.1, -0.05) is 13.8 Å². The van der Waals surface area contributed by atoms with Crippen molar-refractivity contribution in [3.63, 3.8) is 0 Å². The van der Waals surface area contributed by atoms with E-state index in [1.54, 1.807) is 13.8 Å². The van der Waals surface area contributed by atoms with E-state index in [2.05, 4.69) is 0 Å². The molecule has 0 saturated carbocycles. The second-order valence-corrected chi connectivity index (χ2v) is 6.50. The Morgan fingerprint density at radius 2 is 1.82 bits per heavy atom. The normalized spacial score (nSPS) is 12.7. The van der Waals surface area contributed by atoms with Crippen LogP contribution in [0.4, 0.5) is 0 Å². The van der Waals surface area contributed by atoms with Crippen LogP contribution in [0.3, 0.4) is 0 Å². The van der Waals surface area contributed by atoms with Crippen molar-refractivity contribution in [3.8, 4) is 11.5 Å². The zero-order valence-corrected chi connectivity index (χ0v) is 10.7. The Balaban J connectivity index is 2.96. The fraction of sp³-hybridized carbons (Fsp3) is 0.455. The Morgan fingerprint density at radius 3 is 2.35 bits per heavy atom. The van der Waals surface area contributed by atoms with Gasteiger partial charge >= 0.3 is 7.60 Å². The van der Waals surface area contributed by atoms with Crippen LogP contribution in [0, 0.1) is 0 Å². The minimum Gasteiger partial charge on any atom is -0.508 e. The van der Waals surface area contributed by atoms with E-state index in [0.717, 1.165) is 0 Å². The summed E-state index contributed by atoms with van der Waals surface area (Å²) in [5.41, 5.74) is -0.143. The highest BCUT2D eigenvalue weighted by Crippen LogP contribution is 2.42. The predicted octanol–water partition coefficient (Wildman–Crippen LogP) is 1.94. The third-order valence-electron chi connectivity index (χ3n) is 2.74. The fourth-order valence-electron chi connectivity index (χ4n) is 1.63. The summed E-state index contributed by atoms with van der Waals surface area (Å²) in [5, 5.41) is 19.1. The molecule has 5 nitrogen and oxygen atoms in total. The smallest absolute Gasteiger partial charge is 0.325 e. The van der Waals surface area contributed by atoms with Crippen molar-refractivity contribution in [2.45, 2.75) is 25.7 Å². The highest BCUT2D eigenvalue weighted by molar-refractivity contribution is 7.51. The molecule has 0 aliphatic carbocycles. The summed E-state index contributed by atoms with van der Waals surface area (Å²) >= 11 is 0. The van der Waals surface area contributed by atoms with Crippen LogP contribution in [-0.4, -0.2) is 26.2 Å². The van der Waals surface area contributed by atoms with Gasteiger partial charge in [0.25, 0.3) is 0 Å². The van der Waals surface area contributed by atoms with Crippen LogP contribution in [0.2, 0.25) is 0 Å². The molecule has 1 rings (SSSR count). The largest absolute Gasteiger partial charge is 0.508 e. The van der Waals surface area contributed by atoms with Crippen molar-refractivity contribution in [2.24, 2.45) is 0 Å². The van der Waals surface area contributed by atoms with E-state index in [9.17, 15) is 14.8 Å². The molecular formula is C11H17O5P. The molecule has 0 amide bonds. The molecule has 0 spiro atoms. The topological polar surface area (TPSA) is 98.0 Å². The Bertz CT molecular complexity index is 449. The van der Waals surface area contributed by atoms with Gasteiger partial charge in [0.1, 0.15) is 11.5 Å². The number of hydrogen-bond donors (Lipinski definition) is 4. The number of aromatic hydroxyl groups is 2. The van der Waals surface area contributed by atoms with Gasteiger partial charge in [-0.2, -0.15) is 0 Å². The Kier molecular flexibility index (Phi) is 3.87. The first-order valence-corrected chi connectivity index (χ1v) is 6.99. The minimum atomic E-state index is -4.05. The first-order valence-electron chi connectivity index (χ1n) is 5.19. The summed E-state index contributed by atoms with van der Waals surface area (Å²) in [6, 6.07) is 4.14. The van der Waals surface area contributed by atoms with Gasteiger partial charge in [0.15, 0.2) is 0 Å². The Hall–Kier alpha value is -1.03. The van der Waals surface area contributed by atoms with Crippen molar-refractivity contribution in [1.29, 1.82) is 0 Å². The van der Waals surface area contributed by atoms with Gasteiger partial charge in [0, 0.05) is 5.56 Å². The highest BCUT2D eigenvalue weighted by Gasteiger charge is 2.27. The van der Waals surface area contributed by atoms with Gasteiger partial charge in [0.2, 0.25) is 0 Å². The standard InChI is InChI=1S/C11H17O5P/c1-11(2,5-6-17(14,15)16)9-7-8(12)3-4-10(9)13/h3-4,7,12-13H,5-6H2,1-2H3,(H2,14,15,16). The lowest BCUT2D eigenvalue weighted by atomic mass is 9.81. The van der Waals surface area contributed by atoms with Gasteiger partial charge in [0.05, 0.1) is 6.16 Å². The molecule has 0 radical (unpaired) electrons. The number of benzene rings is 1. The number of rotatable bonds is 4. The maximum Gasteiger partial charge on any atom is 0.325 e. The summed E-state index contributed by atoms with van der Waals surface area (Å²) in [5.74, 6) is 0.0283. The molecule has 0 aliphatic heterocycles. The summed E-state index contributed by atoms with van der Waals surface area (Å²) in [6.07, 6.45) is -0.0383. The summed E-state index contributed by atoms with van der Waals surface area (Å²) in [6.45, 7) is 3.52. The van der Waals surface area contributed by atoms with E-state index in [0.29, 0.717) is 5.56 Å². The number of phenolic OH excluding ortho intramolecular Hbond substituents is 2. The molecule has 0 atom stereocenters. The van der Waals surface area contributed by atoms with Crippen molar-refractivity contribution in [3.05, 3.63) is 23.8 Å². The first kappa shape index (κ1) is 14.0. The van der Waals surface area contributed by atoms with Crippen LogP contribution >= 0.6 is 7.60 Å². The molecule has 4 N–H and O–H groups in total. The van der Waals surface area contributed by atoms with Crippen molar-refractivity contribution in [2.75, 3.05) is 6.16 Å². The van der Waals surface area contributed by atoms with Crippen molar-refractivity contribution in [1.82, 2.24) is 0 Å². The van der Waals surface area contributed by atoms with Crippen LogP contribution in [-0.2, 0) is 9.98 Å². The molecule has 0 unspecified atom stereocenters. The lowest BCUT2D eigenvalue weighted by Gasteiger charge is -2.26. The molecule has 0 saturated heterocycles. The molecule has 1 aromatic rings. The van der Waals surface area contributed by atoms with Crippen LogP contribution < -0.4 is 0 Å². The summed E-state index contributed by atoms with van der Waals surface area (Å²) in [7, 11) is -4.05. The molecule has 96 valence electrons. The quantitative estimate of drug-likeness (QED) is 0.490. The molecule has 0 fully saturated rings. The second-order valence-electron chi connectivity index (χ2n) is 4.72. The Morgan fingerprint density at radius 1 is 1.24 bits per heavy atom. The van der Waals surface area contributed by atoms with Crippen molar-refractivity contribution >= 4 is 7.60 Å². The maximum atomic E-state index is 10.8. The van der Waals surface area contributed by atoms with Gasteiger partial charge < -0.3 is 20.0 Å². The average Bonchev–Trinajstić information content (AvgIpc) is 2.18. The van der Waals surface area contributed by atoms with E-state index >= 15 is 0 Å². The lowest BCUT2D eigenvalue weighted by Crippen LogP contribution is -2.19. The molecular weight excluding hydrogens is 243 g/mol. The van der Waals surface area contributed by atoms with Gasteiger partial charge in [-0.15, -0.1) is 0 Å². The van der Waals surface area contributed by atoms with Crippen molar-refractivity contribution < 1.29 is 24.6 Å². The SMILES string of the molecule is CC(C)(CCP(=O)(O)O)c1cc(O)ccc1O. The lowest BCUT2D eigenvalue weighted by molar-refractivity contribution is 0.360. The third kappa shape index (κ3) is 4.04. The summed E-state index contributed by atoms with van der Waals surface area (Å²) in [4.78, 5) is 17.7. The third-order valence-corrected chi connectivity index (χ3v) is 3.54. The van der Waals surface area contributed by atoms with Crippen LogP contribution in [0.15, 0.2) is 18.2 Å². The van der Waals surface area contributed by atoms with Gasteiger partial charge in [-0.05, 0) is 30.0 Å². The number of phenols is 2.